The third-order valence-corrected chi connectivity index (χ3v) is 4.23. The molecular formula is C21H15Cl2NO4. The number of esters is 1. The van der Waals surface area contributed by atoms with E-state index in [0.717, 1.165) is 0 Å². The lowest BCUT2D eigenvalue weighted by molar-refractivity contribution is -0.125. The lowest BCUT2D eigenvalue weighted by atomic mass is 10.1. The summed E-state index contributed by atoms with van der Waals surface area (Å²) < 4.78 is 5.46. The Morgan fingerprint density at radius 3 is 2.11 bits per heavy atom. The fourth-order valence-electron chi connectivity index (χ4n) is 2.51. The molecule has 2 N–H and O–H groups in total. The van der Waals surface area contributed by atoms with E-state index in [1.807, 2.05) is 0 Å². The number of ether oxygens (including phenoxy) is 1. The monoisotopic (exact) mass is 415 g/mol. The highest BCUT2D eigenvalue weighted by Gasteiger charge is 2.26. The van der Waals surface area contributed by atoms with Crippen molar-refractivity contribution in [3.63, 3.8) is 0 Å². The van der Waals surface area contributed by atoms with Crippen LogP contribution in [0.1, 0.15) is 22.0 Å². The van der Waals surface area contributed by atoms with Crippen LogP contribution in [0, 0.1) is 0 Å². The van der Waals surface area contributed by atoms with E-state index in [4.69, 9.17) is 27.9 Å². The minimum absolute atomic E-state index is 0.0201. The molecule has 0 aromatic heterocycles. The van der Waals surface area contributed by atoms with Gasteiger partial charge in [-0.3, -0.25) is 4.79 Å². The van der Waals surface area contributed by atoms with Gasteiger partial charge in [0.05, 0.1) is 5.56 Å². The number of nitrogens with one attached hydrogen (secondary N) is 1. The fraction of sp³-hybridized carbons (Fsp3) is 0.0476. The van der Waals surface area contributed by atoms with Gasteiger partial charge in [0, 0.05) is 21.3 Å². The Labute approximate surface area is 171 Å². The van der Waals surface area contributed by atoms with Crippen molar-refractivity contribution in [1.82, 2.24) is 0 Å². The van der Waals surface area contributed by atoms with E-state index in [2.05, 4.69) is 5.32 Å². The number of hydrogen-bond acceptors (Lipinski definition) is 4. The first-order chi connectivity index (χ1) is 13.4. The van der Waals surface area contributed by atoms with Crippen LogP contribution >= 0.6 is 23.2 Å². The van der Waals surface area contributed by atoms with E-state index in [0.29, 0.717) is 21.3 Å². The fourth-order valence-corrected chi connectivity index (χ4v) is 3.03. The number of benzene rings is 3. The van der Waals surface area contributed by atoms with Crippen molar-refractivity contribution >= 4 is 40.8 Å². The quantitative estimate of drug-likeness (QED) is 0.558. The van der Waals surface area contributed by atoms with E-state index >= 15 is 0 Å². The highest BCUT2D eigenvalue weighted by Crippen LogP contribution is 2.26. The molecule has 0 heterocycles. The summed E-state index contributed by atoms with van der Waals surface area (Å²) in [6, 6.07) is 18.8. The summed E-state index contributed by atoms with van der Waals surface area (Å²) in [6.45, 7) is 0. The lowest BCUT2D eigenvalue weighted by Gasteiger charge is -2.18. The van der Waals surface area contributed by atoms with Crippen LogP contribution in [0.3, 0.4) is 0 Å². The van der Waals surface area contributed by atoms with Crippen molar-refractivity contribution in [2.24, 2.45) is 0 Å². The van der Waals surface area contributed by atoms with Gasteiger partial charge >= 0.3 is 5.97 Å². The topological polar surface area (TPSA) is 75.6 Å². The first-order valence-corrected chi connectivity index (χ1v) is 9.00. The molecule has 0 aliphatic heterocycles. The van der Waals surface area contributed by atoms with Gasteiger partial charge in [0.1, 0.15) is 5.75 Å². The number of aromatic hydroxyl groups is 1. The van der Waals surface area contributed by atoms with E-state index in [-0.39, 0.29) is 11.3 Å². The van der Waals surface area contributed by atoms with Crippen molar-refractivity contribution in [2.75, 3.05) is 5.32 Å². The van der Waals surface area contributed by atoms with E-state index < -0.39 is 18.0 Å². The van der Waals surface area contributed by atoms with Gasteiger partial charge in [0.25, 0.3) is 5.91 Å². The predicted molar refractivity (Wildman–Crippen MR) is 108 cm³/mol. The van der Waals surface area contributed by atoms with E-state index in [1.165, 1.54) is 42.5 Å². The van der Waals surface area contributed by atoms with Gasteiger partial charge < -0.3 is 15.2 Å². The van der Waals surface area contributed by atoms with Crippen LogP contribution in [0.15, 0.2) is 72.8 Å². The summed E-state index contributed by atoms with van der Waals surface area (Å²) in [7, 11) is 0. The summed E-state index contributed by atoms with van der Waals surface area (Å²) >= 11 is 11.9. The number of halogens is 2. The zero-order valence-corrected chi connectivity index (χ0v) is 15.9. The molecule has 1 atom stereocenters. The van der Waals surface area contributed by atoms with Gasteiger partial charge in [-0.15, -0.1) is 0 Å². The molecule has 0 saturated carbocycles. The number of carbonyl (C=O) groups is 2. The molecule has 142 valence electrons. The zero-order valence-electron chi connectivity index (χ0n) is 14.4. The average Bonchev–Trinajstić information content (AvgIpc) is 2.66. The van der Waals surface area contributed by atoms with Crippen molar-refractivity contribution in [2.45, 2.75) is 6.10 Å². The summed E-state index contributed by atoms with van der Waals surface area (Å²) in [5, 5.41) is 12.7. The molecule has 0 bridgehead atoms. The van der Waals surface area contributed by atoms with Gasteiger partial charge in [-0.25, -0.2) is 4.79 Å². The molecule has 3 aromatic rings. The number of rotatable bonds is 5. The molecule has 0 radical (unpaired) electrons. The second-order valence-corrected chi connectivity index (χ2v) is 6.76. The normalized spacial score (nSPS) is 11.5. The Balaban J connectivity index is 1.85. The Hall–Kier alpha value is -3.02. The number of hydrogen-bond donors (Lipinski definition) is 2. The van der Waals surface area contributed by atoms with Crippen molar-refractivity contribution < 1.29 is 19.4 Å². The second kappa shape index (κ2) is 8.78. The van der Waals surface area contributed by atoms with Crippen molar-refractivity contribution in [3.8, 4) is 5.75 Å². The van der Waals surface area contributed by atoms with Crippen LogP contribution in [0.2, 0.25) is 10.0 Å². The van der Waals surface area contributed by atoms with Crippen LogP contribution in [-0.2, 0) is 9.53 Å². The minimum Gasteiger partial charge on any atom is -0.508 e. The minimum atomic E-state index is -1.19. The first-order valence-electron chi connectivity index (χ1n) is 8.24. The molecule has 3 rings (SSSR count). The molecule has 1 unspecified atom stereocenters. The van der Waals surface area contributed by atoms with Gasteiger partial charge in [-0.2, -0.15) is 0 Å². The van der Waals surface area contributed by atoms with Crippen LogP contribution < -0.4 is 5.32 Å². The number of phenols is 1. The smallest absolute Gasteiger partial charge is 0.339 e. The maximum atomic E-state index is 12.8. The van der Waals surface area contributed by atoms with Gasteiger partial charge in [-0.05, 0) is 42.5 Å². The van der Waals surface area contributed by atoms with Crippen LogP contribution in [0.25, 0.3) is 0 Å². The zero-order chi connectivity index (χ0) is 20.1. The third-order valence-electron chi connectivity index (χ3n) is 3.80. The summed E-state index contributed by atoms with van der Waals surface area (Å²) in [5.41, 5.74) is 1.08. The molecule has 28 heavy (non-hydrogen) atoms. The molecule has 0 saturated heterocycles. The summed E-state index contributed by atoms with van der Waals surface area (Å²) in [4.78, 5) is 25.3. The summed E-state index contributed by atoms with van der Waals surface area (Å²) in [6.07, 6.45) is -1.19. The Morgan fingerprint density at radius 1 is 0.893 bits per heavy atom. The largest absolute Gasteiger partial charge is 0.508 e. The third kappa shape index (κ3) is 5.03. The molecule has 5 nitrogen and oxygen atoms in total. The summed E-state index contributed by atoms with van der Waals surface area (Å²) in [5.74, 6) is -1.24. The highest BCUT2D eigenvalue weighted by molar-refractivity contribution is 6.35. The van der Waals surface area contributed by atoms with Gasteiger partial charge in [0.2, 0.25) is 6.10 Å². The maximum Gasteiger partial charge on any atom is 0.339 e. The van der Waals surface area contributed by atoms with Crippen LogP contribution in [0.5, 0.6) is 5.75 Å². The average molecular weight is 416 g/mol. The molecule has 0 spiro atoms. The number of carbonyl (C=O) groups excluding carboxylic acids is 2. The van der Waals surface area contributed by atoms with Gasteiger partial charge in [-0.1, -0.05) is 53.5 Å². The Bertz CT molecular complexity index is 971. The first kappa shape index (κ1) is 19.7. The number of amides is 1. The molecule has 0 aliphatic carbocycles. The van der Waals surface area contributed by atoms with Crippen molar-refractivity contribution in [3.05, 3.63) is 94.0 Å². The predicted octanol–water partition coefficient (Wildman–Crippen LogP) is 5.24. The maximum absolute atomic E-state index is 12.8. The molecule has 7 heteroatoms. The SMILES string of the molecule is O=C(OC(C(=O)Nc1cc(Cl)cc(Cl)c1)c1ccccc1)c1ccc(O)cc1. The highest BCUT2D eigenvalue weighted by atomic mass is 35.5. The molecule has 0 fully saturated rings. The molecule has 0 aliphatic rings. The molecule has 3 aromatic carbocycles. The number of anilines is 1. The number of phenolic OH excluding ortho intramolecular Hbond substituents is 1. The molecule has 1 amide bonds. The standard InChI is InChI=1S/C21H15Cl2NO4/c22-15-10-16(23)12-17(11-15)24-20(26)19(13-4-2-1-3-5-13)28-21(27)14-6-8-18(25)9-7-14/h1-12,19,25H,(H,24,26). The second-order valence-electron chi connectivity index (χ2n) is 5.89. The van der Waals surface area contributed by atoms with Gasteiger partial charge in [0.15, 0.2) is 0 Å². The van der Waals surface area contributed by atoms with Crippen LogP contribution in [-0.4, -0.2) is 17.0 Å². The van der Waals surface area contributed by atoms with Crippen molar-refractivity contribution in [1.29, 1.82) is 0 Å². The van der Waals surface area contributed by atoms with E-state index in [9.17, 15) is 14.7 Å². The Kier molecular flexibility index (Phi) is 6.19. The molecular weight excluding hydrogens is 401 g/mol. The van der Waals surface area contributed by atoms with Crippen LogP contribution in [0.4, 0.5) is 5.69 Å². The lowest BCUT2D eigenvalue weighted by Crippen LogP contribution is -2.26. The Morgan fingerprint density at radius 2 is 1.50 bits per heavy atom. The van der Waals surface area contributed by atoms with E-state index in [1.54, 1.807) is 30.3 Å².